The molecule has 34 heavy (non-hydrogen) atoms. The summed E-state index contributed by atoms with van der Waals surface area (Å²) in [4.78, 5) is 12.1. The van der Waals surface area contributed by atoms with Crippen LogP contribution in [0.2, 0.25) is 0 Å². The van der Waals surface area contributed by atoms with E-state index in [1.807, 2.05) is 0 Å². The molecule has 1 N–H and O–H groups in total. The van der Waals surface area contributed by atoms with Crippen molar-refractivity contribution in [2.75, 3.05) is 12.4 Å². The van der Waals surface area contributed by atoms with Crippen LogP contribution in [0.4, 0.5) is 18.9 Å². The van der Waals surface area contributed by atoms with Crippen molar-refractivity contribution in [3.05, 3.63) is 78.7 Å². The summed E-state index contributed by atoms with van der Waals surface area (Å²) in [5.74, 6) is -0.417. The first kappa shape index (κ1) is 23.1. The molecule has 0 unspecified atom stereocenters. The van der Waals surface area contributed by atoms with E-state index in [4.69, 9.17) is 9.15 Å². The average molecular weight is 491 g/mol. The van der Waals surface area contributed by atoms with Crippen LogP contribution in [0.1, 0.15) is 10.5 Å². The number of hydrogen-bond acceptors (Lipinski definition) is 6. The van der Waals surface area contributed by atoms with E-state index in [0.29, 0.717) is 23.2 Å². The van der Waals surface area contributed by atoms with Gasteiger partial charge in [0, 0.05) is 6.07 Å². The first-order valence-electron chi connectivity index (χ1n) is 9.62. The number of nitrogens with zero attached hydrogens (tertiary/aromatic N) is 2. The number of anilines is 1. The molecule has 12 heteroatoms. The van der Waals surface area contributed by atoms with Crippen LogP contribution in [0.5, 0.6) is 5.75 Å². The van der Waals surface area contributed by atoms with E-state index in [1.165, 1.54) is 24.1 Å². The monoisotopic (exact) mass is 491 g/mol. The molecule has 0 spiro atoms. The van der Waals surface area contributed by atoms with Gasteiger partial charge >= 0.3 is 5.51 Å². The second kappa shape index (κ2) is 8.71. The number of nitrogens with one attached hydrogen (secondary N) is 1. The number of methoxy groups -OCH3 is 1. The van der Waals surface area contributed by atoms with Gasteiger partial charge in [-0.15, -0.1) is 0 Å². The Kier molecular flexibility index (Phi) is 5.92. The molecule has 0 aliphatic carbocycles. The SMILES string of the molecule is COc1ccc(S(=O)(=O)C(F)(F)F)cc1NC(=O)c1cc(-c2ccco2)nn1-c1ccccc1. The number of alkyl halides is 3. The first-order valence-corrected chi connectivity index (χ1v) is 11.1. The highest BCUT2D eigenvalue weighted by Gasteiger charge is 2.47. The highest BCUT2D eigenvalue weighted by atomic mass is 32.2. The third-order valence-corrected chi connectivity index (χ3v) is 6.23. The smallest absolute Gasteiger partial charge is 0.495 e. The number of amides is 1. The Morgan fingerprint density at radius 1 is 1.06 bits per heavy atom. The van der Waals surface area contributed by atoms with Gasteiger partial charge in [-0.05, 0) is 42.5 Å². The zero-order valence-electron chi connectivity index (χ0n) is 17.4. The van der Waals surface area contributed by atoms with Crippen molar-refractivity contribution in [2.45, 2.75) is 10.4 Å². The van der Waals surface area contributed by atoms with E-state index in [2.05, 4.69) is 10.4 Å². The highest BCUT2D eigenvalue weighted by molar-refractivity contribution is 7.92. The maximum Gasteiger partial charge on any atom is 0.501 e. The molecule has 0 radical (unpaired) electrons. The molecule has 1 amide bonds. The maximum absolute atomic E-state index is 13.2. The van der Waals surface area contributed by atoms with Crippen LogP contribution in [0.25, 0.3) is 17.1 Å². The number of hydrogen-bond donors (Lipinski definition) is 1. The number of furan rings is 1. The Morgan fingerprint density at radius 2 is 1.79 bits per heavy atom. The van der Waals surface area contributed by atoms with Crippen LogP contribution in [-0.4, -0.2) is 36.7 Å². The lowest BCUT2D eigenvalue weighted by atomic mass is 10.2. The third-order valence-electron chi connectivity index (χ3n) is 4.75. The summed E-state index contributed by atoms with van der Waals surface area (Å²) in [6, 6.07) is 15.8. The number of ether oxygens (including phenoxy) is 1. The van der Waals surface area contributed by atoms with Crippen LogP contribution < -0.4 is 10.1 Å². The molecule has 0 atom stereocenters. The first-order chi connectivity index (χ1) is 16.1. The Hall–Kier alpha value is -4.06. The summed E-state index contributed by atoms with van der Waals surface area (Å²) in [5.41, 5.74) is -4.89. The fourth-order valence-corrected chi connectivity index (χ4v) is 3.91. The van der Waals surface area contributed by atoms with Crippen LogP contribution in [0.15, 0.2) is 82.3 Å². The number of benzene rings is 2. The molecule has 0 bridgehead atoms. The van der Waals surface area contributed by atoms with Gasteiger partial charge in [0.15, 0.2) is 5.76 Å². The number of para-hydroxylation sites is 1. The van der Waals surface area contributed by atoms with E-state index >= 15 is 0 Å². The fraction of sp³-hybridized carbons (Fsp3) is 0.0909. The van der Waals surface area contributed by atoms with Gasteiger partial charge in [-0.1, -0.05) is 18.2 Å². The Bertz CT molecular complexity index is 1430. The molecule has 8 nitrogen and oxygen atoms in total. The molecule has 0 aliphatic heterocycles. The lowest BCUT2D eigenvalue weighted by Gasteiger charge is -2.14. The molecule has 4 aromatic rings. The van der Waals surface area contributed by atoms with Crippen LogP contribution in [0.3, 0.4) is 0 Å². The normalized spacial score (nSPS) is 11.9. The van der Waals surface area contributed by atoms with Crippen LogP contribution in [-0.2, 0) is 9.84 Å². The van der Waals surface area contributed by atoms with Gasteiger partial charge in [0.05, 0.1) is 29.6 Å². The third kappa shape index (κ3) is 4.27. The highest BCUT2D eigenvalue weighted by Crippen LogP contribution is 2.35. The predicted octanol–water partition coefficient (Wildman–Crippen LogP) is 4.69. The van der Waals surface area contributed by atoms with Crippen molar-refractivity contribution in [1.29, 1.82) is 0 Å². The molecule has 0 saturated heterocycles. The quantitative estimate of drug-likeness (QED) is 0.420. The number of carbonyl (C=O) groups is 1. The van der Waals surface area contributed by atoms with Crippen LogP contribution in [0, 0.1) is 0 Å². The topological polar surface area (TPSA) is 103 Å². The minimum atomic E-state index is -5.64. The number of rotatable bonds is 6. The Labute approximate surface area is 191 Å². The lowest BCUT2D eigenvalue weighted by molar-refractivity contribution is -0.0436. The number of sulfone groups is 1. The number of halogens is 3. The summed E-state index contributed by atoms with van der Waals surface area (Å²) in [7, 11) is -4.41. The minimum Gasteiger partial charge on any atom is -0.495 e. The van der Waals surface area contributed by atoms with Gasteiger partial charge < -0.3 is 14.5 Å². The lowest BCUT2D eigenvalue weighted by Crippen LogP contribution is -2.23. The van der Waals surface area contributed by atoms with Crippen LogP contribution >= 0.6 is 0 Å². The minimum absolute atomic E-state index is 0.0173. The number of aromatic nitrogens is 2. The van der Waals surface area contributed by atoms with Crippen molar-refractivity contribution in [3.8, 4) is 22.9 Å². The predicted molar refractivity (Wildman–Crippen MR) is 115 cm³/mol. The van der Waals surface area contributed by atoms with E-state index in [-0.39, 0.29) is 17.1 Å². The maximum atomic E-state index is 13.2. The molecular formula is C22H16F3N3O5S. The second-order valence-corrected chi connectivity index (χ2v) is 8.85. The molecule has 2 heterocycles. The fourth-order valence-electron chi connectivity index (χ4n) is 3.13. The molecule has 0 aliphatic rings. The van der Waals surface area contributed by atoms with Gasteiger partial charge in [-0.25, -0.2) is 13.1 Å². The summed E-state index contributed by atoms with van der Waals surface area (Å²) >= 11 is 0. The molecule has 176 valence electrons. The zero-order chi connectivity index (χ0) is 24.5. The van der Waals surface area contributed by atoms with E-state index in [1.54, 1.807) is 42.5 Å². The molecule has 4 rings (SSSR count). The van der Waals surface area contributed by atoms with Crippen molar-refractivity contribution < 1.29 is 35.5 Å². The van der Waals surface area contributed by atoms with Gasteiger partial charge in [-0.3, -0.25) is 4.79 Å². The van der Waals surface area contributed by atoms with Gasteiger partial charge in [0.1, 0.15) is 17.1 Å². The van der Waals surface area contributed by atoms with Crippen molar-refractivity contribution in [1.82, 2.24) is 9.78 Å². The summed E-state index contributed by atoms with van der Waals surface area (Å²) in [6.07, 6.45) is 1.44. The molecular weight excluding hydrogens is 475 g/mol. The molecule has 0 saturated carbocycles. The van der Waals surface area contributed by atoms with E-state index in [9.17, 15) is 26.4 Å². The zero-order valence-corrected chi connectivity index (χ0v) is 18.2. The van der Waals surface area contributed by atoms with Gasteiger partial charge in [0.25, 0.3) is 15.7 Å². The standard InChI is InChI=1S/C22H16F3N3O5S/c1-32-19-10-9-15(34(30,31)22(23,24)25)12-16(19)26-21(29)18-13-17(20-8-5-11-33-20)27-28(18)14-6-3-2-4-7-14/h2-13H,1H3,(H,26,29). The number of carbonyl (C=O) groups excluding carboxylic acids is 1. The van der Waals surface area contributed by atoms with Crippen molar-refractivity contribution >= 4 is 21.4 Å². The van der Waals surface area contributed by atoms with E-state index < -0.39 is 26.1 Å². The summed E-state index contributed by atoms with van der Waals surface area (Å²) < 4.78 is 74.5. The summed E-state index contributed by atoms with van der Waals surface area (Å²) in [5, 5.41) is 6.83. The van der Waals surface area contributed by atoms with Gasteiger partial charge in [0.2, 0.25) is 0 Å². The molecule has 2 aromatic heterocycles. The molecule has 2 aromatic carbocycles. The average Bonchev–Trinajstić information content (AvgIpc) is 3.49. The second-order valence-electron chi connectivity index (χ2n) is 6.90. The molecule has 0 fully saturated rings. The Morgan fingerprint density at radius 3 is 2.41 bits per heavy atom. The van der Waals surface area contributed by atoms with Crippen molar-refractivity contribution in [2.24, 2.45) is 0 Å². The van der Waals surface area contributed by atoms with E-state index in [0.717, 1.165) is 12.1 Å². The summed E-state index contributed by atoms with van der Waals surface area (Å²) in [6.45, 7) is 0. The van der Waals surface area contributed by atoms with Crippen molar-refractivity contribution in [3.63, 3.8) is 0 Å². The van der Waals surface area contributed by atoms with Gasteiger partial charge in [-0.2, -0.15) is 18.3 Å². The largest absolute Gasteiger partial charge is 0.501 e. The Balaban J connectivity index is 1.77.